The predicted molar refractivity (Wildman–Crippen MR) is 145 cm³/mol. The highest BCUT2D eigenvalue weighted by Gasteiger charge is 2.65. The first kappa shape index (κ1) is 30.7. The van der Waals surface area contributed by atoms with Crippen molar-refractivity contribution in [3.63, 3.8) is 0 Å². The highest BCUT2D eigenvalue weighted by atomic mass is 16.5. The molecule has 224 valence electrons. The minimum Gasteiger partial charge on any atom is -0.480 e. The first-order valence-corrected chi connectivity index (χ1v) is 15.2. The Morgan fingerprint density at radius 2 is 1.77 bits per heavy atom. The van der Waals surface area contributed by atoms with Crippen molar-refractivity contribution in [3.05, 3.63) is 0 Å². The molecule has 4 aliphatic rings. The van der Waals surface area contributed by atoms with Crippen LogP contribution in [0.3, 0.4) is 0 Å². The van der Waals surface area contributed by atoms with Gasteiger partial charge in [0.25, 0.3) is 0 Å². The Morgan fingerprint density at radius 3 is 2.46 bits per heavy atom. The van der Waals surface area contributed by atoms with Crippen molar-refractivity contribution in [1.29, 1.82) is 0 Å². The first-order valence-electron chi connectivity index (χ1n) is 15.2. The molecule has 4 aliphatic carbocycles. The van der Waals surface area contributed by atoms with Gasteiger partial charge in [-0.25, -0.2) is 0 Å². The summed E-state index contributed by atoms with van der Waals surface area (Å²) in [5.74, 6) is 0.153. The van der Waals surface area contributed by atoms with E-state index in [0.717, 1.165) is 38.5 Å². The van der Waals surface area contributed by atoms with E-state index in [0.29, 0.717) is 18.8 Å². The van der Waals surface area contributed by atoms with Gasteiger partial charge >= 0.3 is 11.9 Å². The zero-order chi connectivity index (χ0) is 28.5. The summed E-state index contributed by atoms with van der Waals surface area (Å²) in [7, 11) is 0. The molecule has 0 aromatic carbocycles. The summed E-state index contributed by atoms with van der Waals surface area (Å²) < 4.78 is 5.36. The van der Waals surface area contributed by atoms with Crippen LogP contribution >= 0.6 is 0 Å². The maximum atomic E-state index is 12.5. The normalized spacial score (nSPS) is 42.4. The van der Waals surface area contributed by atoms with E-state index in [9.17, 15) is 24.9 Å². The number of aliphatic carboxylic acids is 1. The fraction of sp³-hybridized carbons (Fsp3) is 0.933. The van der Waals surface area contributed by atoms with Gasteiger partial charge in [0, 0.05) is 19.5 Å². The van der Waals surface area contributed by atoms with Crippen LogP contribution in [-0.2, 0) is 14.3 Å². The molecule has 0 bridgehead atoms. The van der Waals surface area contributed by atoms with E-state index in [1.807, 2.05) is 0 Å². The molecule has 3 unspecified atom stereocenters. The van der Waals surface area contributed by atoms with E-state index in [1.165, 1.54) is 4.90 Å². The Kier molecular flexibility index (Phi) is 9.69. The third-order valence-electron chi connectivity index (χ3n) is 11.8. The molecule has 4 rings (SSSR count). The molecule has 0 radical (unpaired) electrons. The summed E-state index contributed by atoms with van der Waals surface area (Å²) in [4.78, 5) is 25.0. The molecule has 0 spiro atoms. The second-order valence-electron chi connectivity index (χ2n) is 13.7. The lowest BCUT2D eigenvalue weighted by atomic mass is 9.43. The number of carbonyl (C=O) groups excluding carboxylic acids is 1. The quantitative estimate of drug-likeness (QED) is 0.243. The van der Waals surface area contributed by atoms with E-state index < -0.39 is 18.2 Å². The van der Waals surface area contributed by atoms with Gasteiger partial charge in [-0.3, -0.25) is 14.5 Å². The molecule has 0 aromatic rings. The highest BCUT2D eigenvalue weighted by molar-refractivity contribution is 5.69. The van der Waals surface area contributed by atoms with Gasteiger partial charge in [0.2, 0.25) is 0 Å². The number of aliphatic hydroxyl groups is 4. The fourth-order valence-electron chi connectivity index (χ4n) is 9.64. The zero-order valence-corrected chi connectivity index (χ0v) is 24.0. The van der Waals surface area contributed by atoms with Gasteiger partial charge in [0.15, 0.2) is 0 Å². The van der Waals surface area contributed by atoms with Gasteiger partial charge in [0.05, 0.1) is 31.5 Å². The van der Waals surface area contributed by atoms with Gasteiger partial charge in [-0.2, -0.15) is 0 Å². The van der Waals surface area contributed by atoms with Crippen LogP contribution in [0.25, 0.3) is 0 Å². The number of hydrogen-bond donors (Lipinski definition) is 5. The zero-order valence-electron chi connectivity index (χ0n) is 24.0. The van der Waals surface area contributed by atoms with Gasteiger partial charge in [-0.15, -0.1) is 0 Å². The molecule has 11 atom stereocenters. The average Bonchev–Trinajstić information content (AvgIpc) is 3.22. The fourth-order valence-corrected chi connectivity index (χ4v) is 9.64. The van der Waals surface area contributed by atoms with Crippen molar-refractivity contribution in [2.45, 2.75) is 96.9 Å². The molecule has 5 N–H and O–H groups in total. The number of carbonyl (C=O) groups is 2. The monoisotopic (exact) mass is 553 g/mol. The Hall–Kier alpha value is -1.26. The third kappa shape index (κ3) is 6.03. The number of fused-ring (bicyclic) bond motifs is 5. The maximum absolute atomic E-state index is 12.5. The highest BCUT2D eigenvalue weighted by Crippen LogP contribution is 2.68. The number of carboxylic acid groups (broad SMARTS) is 1. The smallest absolute Gasteiger partial charge is 0.317 e. The first-order chi connectivity index (χ1) is 18.4. The largest absolute Gasteiger partial charge is 0.480 e. The second-order valence-corrected chi connectivity index (χ2v) is 13.7. The van der Waals surface area contributed by atoms with Crippen LogP contribution < -0.4 is 0 Å². The lowest BCUT2D eigenvalue weighted by Crippen LogP contribution is -2.62. The van der Waals surface area contributed by atoms with Crippen LogP contribution in [0.1, 0.15) is 78.6 Å². The number of aliphatic hydroxyl groups excluding tert-OH is 4. The van der Waals surface area contributed by atoms with Crippen molar-refractivity contribution >= 4 is 11.9 Å². The summed E-state index contributed by atoms with van der Waals surface area (Å²) in [6.45, 7) is 6.90. The Morgan fingerprint density at radius 1 is 1.03 bits per heavy atom. The molecule has 0 heterocycles. The Bertz CT molecular complexity index is 870. The molecule has 4 saturated carbocycles. The van der Waals surface area contributed by atoms with Crippen molar-refractivity contribution < 1.29 is 39.9 Å². The molecule has 0 aromatic heterocycles. The van der Waals surface area contributed by atoms with Crippen LogP contribution in [0, 0.1) is 46.3 Å². The lowest BCUT2D eigenvalue weighted by molar-refractivity contribution is -0.207. The molecule has 4 fully saturated rings. The Balaban J connectivity index is 1.35. The standard InChI is InChI=1S/C30H51NO8/c1-18(4-7-27(38)39-13-11-31(10-12-32)17-26(36)37)21-5-6-22-28-23(16-25(35)30(21,22)3)29(2)9-8-20(33)14-19(29)15-24(28)34/h18-25,28,32-35H,4-17H2,1-3H3,(H,36,37)/t18-,19+,20-,21-,22?,23?,24-,25+,28?,29+,30-/m1/s1. The number of esters is 1. The minimum atomic E-state index is -0.990. The van der Waals surface area contributed by atoms with Crippen LogP contribution in [0.5, 0.6) is 0 Å². The van der Waals surface area contributed by atoms with E-state index in [1.54, 1.807) is 0 Å². The molecule has 0 aliphatic heterocycles. The van der Waals surface area contributed by atoms with Gasteiger partial charge in [-0.1, -0.05) is 20.8 Å². The predicted octanol–water partition coefficient (Wildman–Crippen LogP) is 2.29. The number of ether oxygens (including phenoxy) is 1. The number of nitrogens with zero attached hydrogens (tertiary/aromatic N) is 1. The number of hydrogen-bond acceptors (Lipinski definition) is 8. The maximum Gasteiger partial charge on any atom is 0.317 e. The van der Waals surface area contributed by atoms with E-state index in [-0.39, 0.29) is 91.8 Å². The van der Waals surface area contributed by atoms with Crippen molar-refractivity contribution in [3.8, 4) is 0 Å². The molecular weight excluding hydrogens is 502 g/mol. The third-order valence-corrected chi connectivity index (χ3v) is 11.8. The molecule has 39 heavy (non-hydrogen) atoms. The second kappa shape index (κ2) is 12.3. The van der Waals surface area contributed by atoms with E-state index in [2.05, 4.69) is 20.8 Å². The van der Waals surface area contributed by atoms with Gasteiger partial charge in [-0.05, 0) is 97.7 Å². The average molecular weight is 554 g/mol. The van der Waals surface area contributed by atoms with Gasteiger partial charge < -0.3 is 30.3 Å². The lowest BCUT2D eigenvalue weighted by Gasteiger charge is -2.63. The number of rotatable bonds is 11. The molecule has 0 amide bonds. The van der Waals surface area contributed by atoms with Crippen LogP contribution in [0.2, 0.25) is 0 Å². The van der Waals surface area contributed by atoms with Crippen molar-refractivity contribution in [2.24, 2.45) is 46.3 Å². The Labute approximate surface area is 232 Å². The summed E-state index contributed by atoms with van der Waals surface area (Å²) in [5, 5.41) is 51.5. The van der Waals surface area contributed by atoms with Gasteiger partial charge in [0.1, 0.15) is 6.61 Å². The molecule has 9 nitrogen and oxygen atoms in total. The minimum absolute atomic E-state index is 0.0517. The van der Waals surface area contributed by atoms with Crippen LogP contribution in [-0.4, -0.2) is 93.5 Å². The summed E-state index contributed by atoms with van der Waals surface area (Å²) >= 11 is 0. The molecule has 9 heteroatoms. The van der Waals surface area contributed by atoms with E-state index in [4.69, 9.17) is 14.9 Å². The SMILES string of the molecule is C[C@H](CCC(=O)OCCN(CCO)CC(=O)O)[C@H]1CCC2C3C(C[C@H](O)[C@@]21C)[C@@]1(C)CC[C@@H](O)C[C@H]1C[C@H]3O. The van der Waals surface area contributed by atoms with Crippen molar-refractivity contribution in [2.75, 3.05) is 32.8 Å². The van der Waals surface area contributed by atoms with Crippen molar-refractivity contribution in [1.82, 2.24) is 4.90 Å². The topological polar surface area (TPSA) is 148 Å². The molecule has 0 saturated heterocycles. The number of carboxylic acids is 1. The summed E-state index contributed by atoms with van der Waals surface area (Å²) in [5.41, 5.74) is -0.249. The van der Waals surface area contributed by atoms with Crippen LogP contribution in [0.4, 0.5) is 0 Å². The van der Waals surface area contributed by atoms with Crippen LogP contribution in [0.15, 0.2) is 0 Å². The summed E-state index contributed by atoms with van der Waals surface area (Å²) in [6, 6.07) is 0. The van der Waals surface area contributed by atoms with E-state index >= 15 is 0 Å². The summed E-state index contributed by atoms with van der Waals surface area (Å²) in [6.07, 6.45) is 5.72. The molecular formula is C30H51NO8.